The van der Waals surface area contributed by atoms with Gasteiger partial charge in [0.05, 0.1) is 6.26 Å². The van der Waals surface area contributed by atoms with Crippen molar-refractivity contribution in [2.24, 2.45) is 0 Å². The van der Waals surface area contributed by atoms with Gasteiger partial charge in [-0.1, -0.05) is 6.07 Å². The van der Waals surface area contributed by atoms with Gasteiger partial charge >= 0.3 is 0 Å². The zero-order valence-corrected chi connectivity index (χ0v) is 15.3. The van der Waals surface area contributed by atoms with Crippen LogP contribution >= 0.6 is 0 Å². The molecule has 0 radical (unpaired) electrons. The Labute approximate surface area is 157 Å². The second-order valence-corrected chi connectivity index (χ2v) is 6.52. The molecule has 0 aliphatic carbocycles. The van der Waals surface area contributed by atoms with Crippen LogP contribution in [0.1, 0.15) is 33.8 Å². The van der Waals surface area contributed by atoms with Crippen molar-refractivity contribution in [1.82, 2.24) is 15.8 Å². The molecule has 1 aromatic heterocycles. The predicted octanol–water partition coefficient (Wildman–Crippen LogP) is 1.41. The number of benzene rings is 1. The highest BCUT2D eigenvalue weighted by molar-refractivity contribution is 5.98. The molecule has 27 heavy (non-hydrogen) atoms. The highest BCUT2D eigenvalue weighted by Gasteiger charge is 2.35. The van der Waals surface area contributed by atoms with E-state index in [0.29, 0.717) is 24.9 Å². The first kappa shape index (κ1) is 18.5. The van der Waals surface area contributed by atoms with Crippen LogP contribution in [0.2, 0.25) is 0 Å². The first-order valence-electron chi connectivity index (χ1n) is 8.69. The van der Waals surface area contributed by atoms with Gasteiger partial charge in [0, 0.05) is 31.9 Å². The van der Waals surface area contributed by atoms with E-state index in [0.717, 1.165) is 5.69 Å². The summed E-state index contributed by atoms with van der Waals surface area (Å²) in [5, 5.41) is 0. The summed E-state index contributed by atoms with van der Waals surface area (Å²) in [4.78, 5) is 40.6. The molecule has 2 aromatic rings. The van der Waals surface area contributed by atoms with E-state index in [2.05, 4.69) is 10.9 Å². The van der Waals surface area contributed by atoms with Crippen molar-refractivity contribution >= 4 is 23.4 Å². The predicted molar refractivity (Wildman–Crippen MR) is 99.1 cm³/mol. The van der Waals surface area contributed by atoms with Gasteiger partial charge in [0.25, 0.3) is 17.7 Å². The number of furan rings is 1. The fourth-order valence-corrected chi connectivity index (χ4v) is 3.02. The number of carbonyl (C=O) groups is 3. The molecule has 142 valence electrons. The van der Waals surface area contributed by atoms with E-state index in [1.165, 1.54) is 11.2 Å². The van der Waals surface area contributed by atoms with E-state index in [9.17, 15) is 14.4 Å². The van der Waals surface area contributed by atoms with Crippen LogP contribution in [0.3, 0.4) is 0 Å². The third-order valence-corrected chi connectivity index (χ3v) is 4.47. The Kier molecular flexibility index (Phi) is 5.44. The SMILES string of the molecule is CN(C)c1cccc(C(=O)NNC(=O)C2CCCN2C(=O)c2ccco2)c1. The monoisotopic (exact) mass is 370 g/mol. The van der Waals surface area contributed by atoms with E-state index in [1.807, 2.05) is 25.1 Å². The lowest BCUT2D eigenvalue weighted by Gasteiger charge is -2.23. The number of hydrogen-bond acceptors (Lipinski definition) is 5. The summed E-state index contributed by atoms with van der Waals surface area (Å²) in [7, 11) is 3.76. The van der Waals surface area contributed by atoms with Gasteiger partial charge in [0.2, 0.25) is 0 Å². The average molecular weight is 370 g/mol. The molecule has 1 fully saturated rings. The quantitative estimate of drug-likeness (QED) is 0.794. The topological polar surface area (TPSA) is 94.9 Å². The molecule has 0 bridgehead atoms. The van der Waals surface area contributed by atoms with Crippen LogP contribution in [0, 0.1) is 0 Å². The molecule has 0 saturated carbocycles. The Balaban J connectivity index is 1.60. The maximum absolute atomic E-state index is 12.5. The van der Waals surface area contributed by atoms with Crippen LogP contribution in [-0.2, 0) is 4.79 Å². The number of nitrogens with zero attached hydrogens (tertiary/aromatic N) is 2. The van der Waals surface area contributed by atoms with Crippen LogP contribution in [-0.4, -0.2) is 49.3 Å². The second-order valence-electron chi connectivity index (χ2n) is 6.52. The molecule has 2 N–H and O–H groups in total. The maximum atomic E-state index is 12.5. The van der Waals surface area contributed by atoms with Crippen molar-refractivity contribution in [3.63, 3.8) is 0 Å². The number of likely N-dealkylation sites (tertiary alicyclic amines) is 1. The number of hydrogen-bond donors (Lipinski definition) is 2. The Morgan fingerprint density at radius 2 is 1.96 bits per heavy atom. The Morgan fingerprint density at radius 1 is 1.15 bits per heavy atom. The minimum Gasteiger partial charge on any atom is -0.459 e. The van der Waals surface area contributed by atoms with E-state index in [4.69, 9.17) is 4.42 Å². The van der Waals surface area contributed by atoms with Crippen molar-refractivity contribution in [3.05, 3.63) is 54.0 Å². The fourth-order valence-electron chi connectivity index (χ4n) is 3.02. The van der Waals surface area contributed by atoms with Crippen LogP contribution in [0.15, 0.2) is 47.1 Å². The summed E-state index contributed by atoms with van der Waals surface area (Å²) >= 11 is 0. The summed E-state index contributed by atoms with van der Waals surface area (Å²) in [5.41, 5.74) is 6.14. The zero-order chi connectivity index (χ0) is 19.4. The molecule has 8 nitrogen and oxygen atoms in total. The Morgan fingerprint density at radius 3 is 2.67 bits per heavy atom. The number of rotatable bonds is 4. The van der Waals surface area contributed by atoms with Crippen LogP contribution in [0.4, 0.5) is 5.69 Å². The van der Waals surface area contributed by atoms with Crippen molar-refractivity contribution in [2.45, 2.75) is 18.9 Å². The molecule has 3 amide bonds. The summed E-state index contributed by atoms with van der Waals surface area (Å²) in [6.07, 6.45) is 2.66. The maximum Gasteiger partial charge on any atom is 0.290 e. The number of nitrogens with one attached hydrogen (secondary N) is 2. The van der Waals surface area contributed by atoms with Gasteiger partial charge < -0.3 is 14.2 Å². The van der Waals surface area contributed by atoms with E-state index in [1.54, 1.807) is 30.3 Å². The lowest BCUT2D eigenvalue weighted by atomic mass is 10.2. The smallest absolute Gasteiger partial charge is 0.290 e. The van der Waals surface area contributed by atoms with Gasteiger partial charge in [0.15, 0.2) is 5.76 Å². The fraction of sp³-hybridized carbons (Fsp3) is 0.316. The van der Waals surface area contributed by atoms with Crippen molar-refractivity contribution < 1.29 is 18.8 Å². The highest BCUT2D eigenvalue weighted by Crippen LogP contribution is 2.20. The van der Waals surface area contributed by atoms with E-state index < -0.39 is 17.9 Å². The van der Waals surface area contributed by atoms with Gasteiger partial charge in [0.1, 0.15) is 6.04 Å². The van der Waals surface area contributed by atoms with Crippen molar-refractivity contribution in [2.75, 3.05) is 25.5 Å². The minimum atomic E-state index is -0.643. The summed E-state index contributed by atoms with van der Waals surface area (Å²) < 4.78 is 5.13. The molecule has 0 spiro atoms. The molecule has 1 aromatic carbocycles. The van der Waals surface area contributed by atoms with Crippen molar-refractivity contribution in [3.8, 4) is 0 Å². The lowest BCUT2D eigenvalue weighted by Crippen LogP contribution is -2.51. The standard InChI is InChI=1S/C19H22N4O4/c1-22(2)14-7-3-6-13(12-14)17(24)20-21-18(25)15-8-4-10-23(15)19(26)16-9-5-11-27-16/h3,5-7,9,11-12,15H,4,8,10H2,1-2H3,(H,20,24)(H,21,25). The van der Waals surface area contributed by atoms with Gasteiger partial charge in [-0.2, -0.15) is 0 Å². The third-order valence-electron chi connectivity index (χ3n) is 4.47. The Bertz CT molecular complexity index is 832. The van der Waals surface area contributed by atoms with Crippen LogP contribution in [0.25, 0.3) is 0 Å². The molecule has 1 atom stereocenters. The molecule has 1 unspecified atom stereocenters. The number of hydrazine groups is 1. The van der Waals surface area contributed by atoms with Crippen molar-refractivity contribution in [1.29, 1.82) is 0 Å². The minimum absolute atomic E-state index is 0.194. The van der Waals surface area contributed by atoms with Gasteiger partial charge in [-0.3, -0.25) is 25.2 Å². The number of anilines is 1. The van der Waals surface area contributed by atoms with Crippen LogP contribution in [0.5, 0.6) is 0 Å². The molecule has 2 heterocycles. The summed E-state index contributed by atoms with van der Waals surface area (Å²) in [6, 6.07) is 9.59. The third kappa shape index (κ3) is 4.11. The molecule has 1 aliphatic heterocycles. The highest BCUT2D eigenvalue weighted by atomic mass is 16.3. The molecular weight excluding hydrogens is 348 g/mol. The molecule has 3 rings (SSSR count). The zero-order valence-electron chi connectivity index (χ0n) is 15.3. The second kappa shape index (κ2) is 7.94. The number of amides is 3. The summed E-state index contributed by atoms with van der Waals surface area (Å²) in [5.74, 6) is -0.986. The molecule has 8 heteroatoms. The van der Waals surface area contributed by atoms with E-state index >= 15 is 0 Å². The first-order chi connectivity index (χ1) is 13.0. The Hall–Kier alpha value is -3.29. The average Bonchev–Trinajstić information content (AvgIpc) is 3.37. The largest absolute Gasteiger partial charge is 0.459 e. The van der Waals surface area contributed by atoms with Gasteiger partial charge in [-0.25, -0.2) is 0 Å². The normalized spacial score (nSPS) is 16.1. The molecular formula is C19H22N4O4. The number of carbonyl (C=O) groups excluding carboxylic acids is 3. The van der Waals surface area contributed by atoms with Crippen LogP contribution < -0.4 is 15.8 Å². The molecule has 1 aliphatic rings. The molecule has 1 saturated heterocycles. The lowest BCUT2D eigenvalue weighted by molar-refractivity contribution is -0.125. The van der Waals surface area contributed by atoms with Gasteiger partial charge in [-0.15, -0.1) is 0 Å². The first-order valence-corrected chi connectivity index (χ1v) is 8.69. The van der Waals surface area contributed by atoms with E-state index in [-0.39, 0.29) is 11.7 Å². The summed E-state index contributed by atoms with van der Waals surface area (Å²) in [6.45, 7) is 0.469. The van der Waals surface area contributed by atoms with Gasteiger partial charge in [-0.05, 0) is 43.2 Å².